The maximum Gasteiger partial charge on any atom is 0.231 e. The molecule has 27 heavy (non-hydrogen) atoms. The molecule has 1 aliphatic heterocycles. The summed E-state index contributed by atoms with van der Waals surface area (Å²) in [5.41, 5.74) is 4.66. The highest BCUT2D eigenvalue weighted by Gasteiger charge is 2.30. The van der Waals surface area contributed by atoms with Gasteiger partial charge in [-0.15, -0.1) is 0 Å². The molecule has 0 aromatic heterocycles. The lowest BCUT2D eigenvalue weighted by atomic mass is 10.0. The number of ketones is 1. The van der Waals surface area contributed by atoms with Crippen LogP contribution in [0, 0.1) is 6.92 Å². The number of allylic oxidation sites excluding steroid dienone is 1. The molecule has 0 spiro atoms. The second-order valence-corrected chi connectivity index (χ2v) is 6.43. The summed E-state index contributed by atoms with van der Waals surface area (Å²) in [5.74, 6) is 1.59. The Labute approximate surface area is 158 Å². The highest BCUT2D eigenvalue weighted by atomic mass is 16.5. The summed E-state index contributed by atoms with van der Waals surface area (Å²) < 4.78 is 11.5. The molecule has 0 atom stereocenters. The minimum absolute atomic E-state index is 0.0942. The van der Waals surface area contributed by atoms with E-state index < -0.39 is 0 Å². The smallest absolute Gasteiger partial charge is 0.231 e. The van der Waals surface area contributed by atoms with Gasteiger partial charge in [0.1, 0.15) is 11.5 Å². The Morgan fingerprint density at radius 2 is 1.63 bits per heavy atom. The second-order valence-electron chi connectivity index (χ2n) is 6.43. The maximum atomic E-state index is 12.7. The Kier molecular flexibility index (Phi) is 4.51. The van der Waals surface area contributed by atoms with Crippen LogP contribution in [-0.2, 0) is 0 Å². The van der Waals surface area contributed by atoms with Gasteiger partial charge in [-0.3, -0.25) is 4.79 Å². The molecule has 0 fully saturated rings. The third-order valence-electron chi connectivity index (χ3n) is 4.65. The quantitative estimate of drug-likeness (QED) is 0.564. The van der Waals surface area contributed by atoms with E-state index in [-0.39, 0.29) is 5.78 Å². The predicted molar refractivity (Wildman–Crippen MR) is 107 cm³/mol. The number of carbonyl (C=O) groups excluding carboxylic acids is 1. The van der Waals surface area contributed by atoms with E-state index in [4.69, 9.17) is 9.47 Å². The number of hydrogen-bond donors (Lipinski definition) is 0. The van der Waals surface area contributed by atoms with Gasteiger partial charge in [0, 0.05) is 5.56 Å². The highest BCUT2D eigenvalue weighted by Crippen LogP contribution is 2.39. The van der Waals surface area contributed by atoms with E-state index >= 15 is 0 Å². The van der Waals surface area contributed by atoms with Gasteiger partial charge in [0.25, 0.3) is 0 Å². The van der Waals surface area contributed by atoms with Gasteiger partial charge in [-0.2, -0.15) is 0 Å². The summed E-state index contributed by atoms with van der Waals surface area (Å²) in [4.78, 5) is 12.7. The van der Waals surface area contributed by atoms with Gasteiger partial charge in [-0.05, 0) is 48.7 Å². The molecule has 3 aromatic carbocycles. The van der Waals surface area contributed by atoms with Crippen LogP contribution in [0.1, 0.15) is 28.4 Å². The van der Waals surface area contributed by atoms with Crippen LogP contribution in [0.3, 0.4) is 0 Å². The third kappa shape index (κ3) is 3.24. The zero-order valence-corrected chi connectivity index (χ0v) is 15.4. The number of hydrogen-bond acceptors (Lipinski definition) is 3. The van der Waals surface area contributed by atoms with Gasteiger partial charge in [-0.25, -0.2) is 0 Å². The topological polar surface area (TPSA) is 35.5 Å². The third-order valence-corrected chi connectivity index (χ3v) is 4.65. The first-order valence-corrected chi connectivity index (χ1v) is 9.03. The Balaban J connectivity index is 1.61. The van der Waals surface area contributed by atoms with Gasteiger partial charge < -0.3 is 9.47 Å². The molecule has 0 saturated carbocycles. The molecule has 134 valence electrons. The van der Waals surface area contributed by atoms with Crippen LogP contribution in [0.15, 0.2) is 72.5 Å². The van der Waals surface area contributed by atoms with E-state index in [1.54, 1.807) is 12.1 Å². The molecule has 3 nitrogen and oxygen atoms in total. The minimum Gasteiger partial charge on any atom is -0.493 e. The van der Waals surface area contributed by atoms with Crippen LogP contribution in [-0.4, -0.2) is 12.4 Å². The lowest BCUT2D eigenvalue weighted by Crippen LogP contribution is -1.98. The Morgan fingerprint density at radius 3 is 2.33 bits per heavy atom. The number of Topliss-reactive ketones (excluding diaryl/α,β-unsaturated/α-hetero) is 1. The van der Waals surface area contributed by atoms with Crippen LogP contribution in [0.25, 0.3) is 17.2 Å². The van der Waals surface area contributed by atoms with Crippen molar-refractivity contribution < 1.29 is 14.3 Å². The summed E-state index contributed by atoms with van der Waals surface area (Å²) in [6.07, 6.45) is 1.79. The summed E-state index contributed by atoms with van der Waals surface area (Å²) in [6, 6.07) is 21.9. The van der Waals surface area contributed by atoms with Crippen LogP contribution < -0.4 is 9.47 Å². The second kappa shape index (κ2) is 7.12. The van der Waals surface area contributed by atoms with Gasteiger partial charge in [-0.1, -0.05) is 54.6 Å². The van der Waals surface area contributed by atoms with E-state index in [1.165, 1.54) is 0 Å². The Hall–Kier alpha value is -3.33. The molecule has 0 N–H and O–H groups in total. The largest absolute Gasteiger partial charge is 0.493 e. The standard InChI is InChI=1S/C24H20O3/c1-3-26-21-14-13-20-23(25)22(27-24(20)16(21)2)15-17-9-11-19(12-10-17)18-7-5-4-6-8-18/h4-15H,3H2,1-2H3/b22-15-. The zero-order chi connectivity index (χ0) is 18.8. The lowest BCUT2D eigenvalue weighted by Gasteiger charge is -2.09. The molecule has 0 aliphatic carbocycles. The van der Waals surface area contributed by atoms with E-state index in [2.05, 4.69) is 12.1 Å². The van der Waals surface area contributed by atoms with Crippen molar-refractivity contribution >= 4 is 11.9 Å². The first-order valence-electron chi connectivity index (χ1n) is 9.03. The van der Waals surface area contributed by atoms with Gasteiger partial charge in [0.15, 0.2) is 5.76 Å². The molecule has 0 amide bonds. The number of carbonyl (C=O) groups is 1. The first-order chi connectivity index (χ1) is 13.2. The number of fused-ring (bicyclic) bond motifs is 1. The van der Waals surface area contributed by atoms with Crippen molar-refractivity contribution in [3.8, 4) is 22.6 Å². The molecule has 3 aromatic rings. The molecular formula is C24H20O3. The van der Waals surface area contributed by atoms with Gasteiger partial charge >= 0.3 is 0 Å². The van der Waals surface area contributed by atoms with E-state index in [9.17, 15) is 4.79 Å². The Morgan fingerprint density at radius 1 is 0.926 bits per heavy atom. The van der Waals surface area contributed by atoms with Crippen LogP contribution in [0.5, 0.6) is 11.5 Å². The molecule has 1 heterocycles. The Bertz CT molecular complexity index is 1020. The normalized spacial score (nSPS) is 14.1. The SMILES string of the molecule is CCOc1ccc2c(c1C)O/C(=C\c1ccc(-c3ccccc3)cc1)C2=O. The van der Waals surface area contributed by atoms with Crippen LogP contribution >= 0.6 is 0 Å². The summed E-state index contributed by atoms with van der Waals surface area (Å²) in [6.45, 7) is 4.42. The van der Waals surface area contributed by atoms with Crippen molar-refractivity contribution in [2.45, 2.75) is 13.8 Å². The maximum absolute atomic E-state index is 12.7. The van der Waals surface area contributed by atoms with E-state index in [1.807, 2.05) is 62.4 Å². The van der Waals surface area contributed by atoms with Gasteiger partial charge in [0.2, 0.25) is 5.78 Å². The summed E-state index contributed by atoms with van der Waals surface area (Å²) in [5, 5.41) is 0. The number of rotatable bonds is 4. The number of benzene rings is 3. The van der Waals surface area contributed by atoms with Crippen LogP contribution in [0.2, 0.25) is 0 Å². The van der Waals surface area contributed by atoms with Crippen molar-refractivity contribution in [3.05, 3.63) is 89.2 Å². The molecule has 0 radical (unpaired) electrons. The van der Waals surface area contributed by atoms with Crippen molar-refractivity contribution in [1.82, 2.24) is 0 Å². The average molecular weight is 356 g/mol. The average Bonchev–Trinajstić information content (AvgIpc) is 3.02. The molecule has 4 rings (SSSR count). The van der Waals surface area contributed by atoms with Crippen molar-refractivity contribution in [3.63, 3.8) is 0 Å². The zero-order valence-electron chi connectivity index (χ0n) is 15.4. The highest BCUT2D eigenvalue weighted by molar-refractivity contribution is 6.15. The summed E-state index contributed by atoms with van der Waals surface area (Å²) >= 11 is 0. The fourth-order valence-electron chi connectivity index (χ4n) is 3.23. The predicted octanol–water partition coefficient (Wildman–Crippen LogP) is 5.68. The van der Waals surface area contributed by atoms with E-state index in [0.29, 0.717) is 23.7 Å². The molecule has 1 aliphatic rings. The molecule has 0 bridgehead atoms. The monoisotopic (exact) mass is 356 g/mol. The van der Waals surface area contributed by atoms with E-state index in [0.717, 1.165) is 28.0 Å². The molecule has 0 saturated heterocycles. The molecule has 0 unspecified atom stereocenters. The van der Waals surface area contributed by atoms with Crippen molar-refractivity contribution in [1.29, 1.82) is 0 Å². The summed E-state index contributed by atoms with van der Waals surface area (Å²) in [7, 11) is 0. The fourth-order valence-corrected chi connectivity index (χ4v) is 3.23. The minimum atomic E-state index is -0.0942. The first kappa shape index (κ1) is 17.1. The van der Waals surface area contributed by atoms with Gasteiger partial charge in [0.05, 0.1) is 12.2 Å². The number of ether oxygens (including phenoxy) is 2. The molecular weight excluding hydrogens is 336 g/mol. The van der Waals surface area contributed by atoms with Crippen molar-refractivity contribution in [2.24, 2.45) is 0 Å². The van der Waals surface area contributed by atoms with Crippen LogP contribution in [0.4, 0.5) is 0 Å². The van der Waals surface area contributed by atoms with Crippen molar-refractivity contribution in [2.75, 3.05) is 6.61 Å². The lowest BCUT2D eigenvalue weighted by molar-refractivity contribution is 0.101. The molecule has 3 heteroatoms. The fraction of sp³-hybridized carbons (Fsp3) is 0.125.